The summed E-state index contributed by atoms with van der Waals surface area (Å²) in [6.07, 6.45) is 0. The Bertz CT molecular complexity index is 87.2. The zero-order valence-corrected chi connectivity index (χ0v) is 4.12. The molecule has 3 N–H and O–H groups in total. The Morgan fingerprint density at radius 1 is 1.25 bits per heavy atom. The molecule has 0 aliphatic carbocycles. The number of nitrogens with zero attached hydrogens (tertiary/aromatic N) is 1. The van der Waals surface area contributed by atoms with Crippen molar-refractivity contribution in [3.05, 3.63) is 0 Å². The third-order valence-corrected chi connectivity index (χ3v) is 0. The first-order valence-electron chi connectivity index (χ1n) is 1.04. The van der Waals surface area contributed by atoms with Gasteiger partial charge in [0.1, 0.15) is 0 Å². The Balaban J connectivity index is -0.0000000750. The van der Waals surface area contributed by atoms with Crippen LogP contribution in [0.5, 0.6) is 0 Å². The first-order valence-corrected chi connectivity index (χ1v) is 2.61. The summed E-state index contributed by atoms with van der Waals surface area (Å²) in [7, 11) is -4.64. The molecule has 0 aliphatic rings. The molecule has 7 heteroatoms. The van der Waals surface area contributed by atoms with Crippen LogP contribution in [0.25, 0.3) is 0 Å². The van der Waals surface area contributed by atoms with Gasteiger partial charge in [0, 0.05) is 6.57 Å². The number of hydrogen-bond donors (Lipinski definition) is 3. The monoisotopic (exact) mass is 165 g/mol. The van der Waals surface area contributed by atoms with Gasteiger partial charge in [-0.05, 0) is 0 Å². The maximum atomic E-state index is 8.88. The van der Waals surface area contributed by atoms with Crippen LogP contribution in [0.2, 0.25) is 0 Å². The molecule has 0 fully saturated rings. The Kier molecular flexibility index (Phi) is 16.6. The molecule has 0 aromatic carbocycles. The van der Waals surface area contributed by atoms with Gasteiger partial charge >= 0.3 is 59.2 Å². The van der Waals surface area contributed by atoms with Crippen LogP contribution >= 0.6 is 7.82 Å². The summed E-state index contributed by atoms with van der Waals surface area (Å²) < 4.78 is 8.88. The van der Waals surface area contributed by atoms with Crippen LogP contribution in [0.4, 0.5) is 0 Å². The molecule has 0 bridgehead atoms. The fourth-order valence-corrected chi connectivity index (χ4v) is 0. The van der Waals surface area contributed by atoms with Gasteiger partial charge in [0.15, 0.2) is 0 Å². The first kappa shape index (κ1) is 16.1. The second kappa shape index (κ2) is 8.24. The summed E-state index contributed by atoms with van der Waals surface area (Å²) in [5.41, 5.74) is 0. The number of hydrogen-bond acceptors (Lipinski definition) is 2. The first-order chi connectivity index (χ1) is 3.00. The van der Waals surface area contributed by atoms with E-state index in [2.05, 4.69) is 6.57 Å². The van der Waals surface area contributed by atoms with E-state index in [1.54, 1.807) is 0 Å². The van der Waals surface area contributed by atoms with Crippen LogP contribution in [0, 0.1) is 11.8 Å². The molecule has 8 heavy (non-hydrogen) atoms. The van der Waals surface area contributed by atoms with Crippen LogP contribution in [-0.2, 0) is 4.57 Å². The Morgan fingerprint density at radius 3 is 1.25 bits per heavy atom. The van der Waals surface area contributed by atoms with Gasteiger partial charge in [-0.3, -0.25) is 0 Å². The summed E-state index contributed by atoms with van der Waals surface area (Å²) in [5, 5.41) is 6.50. The molecule has 44 valence electrons. The summed E-state index contributed by atoms with van der Waals surface area (Å²) in [4.78, 5) is 21.6. The van der Waals surface area contributed by atoms with Crippen molar-refractivity contribution in [3.8, 4) is 6.57 Å². The average molecular weight is 165 g/mol. The molecule has 0 saturated carbocycles. The van der Waals surface area contributed by atoms with E-state index in [4.69, 9.17) is 24.5 Å². The fourth-order valence-electron chi connectivity index (χ4n) is 0. The zero-order valence-electron chi connectivity index (χ0n) is 3.22. The molecule has 0 saturated heterocycles. The van der Waals surface area contributed by atoms with Crippen LogP contribution < -0.4 is 0 Å². The number of rotatable bonds is 0. The second-order valence-corrected chi connectivity index (χ2v) is 1.54. The van der Waals surface area contributed by atoms with E-state index in [-0.39, 0.29) is 51.4 Å². The zero-order chi connectivity index (χ0) is 6.50. The van der Waals surface area contributed by atoms with E-state index < -0.39 is 7.82 Å². The fraction of sp³-hybridized carbons (Fsp3) is 0. The molecule has 0 radical (unpaired) electrons. The van der Waals surface area contributed by atoms with Gasteiger partial charge in [-0.25, -0.2) is 9.83 Å². The average Bonchev–Trinajstić information content (AvgIpc) is 1.36. The normalized spacial score (nSPS) is 7.62. The molecule has 0 unspecified atom stereocenters. The van der Waals surface area contributed by atoms with Crippen LogP contribution in [0.3, 0.4) is 0 Å². The topological polar surface area (TPSA) is 102 Å². The van der Waals surface area contributed by atoms with E-state index in [9.17, 15) is 0 Å². The van der Waals surface area contributed by atoms with E-state index in [1.165, 1.54) is 0 Å². The predicted molar refractivity (Wildman–Crippen MR) is 28.1 cm³/mol. The van der Waals surface area contributed by atoms with Crippen molar-refractivity contribution in [2.24, 2.45) is 0 Å². The third-order valence-electron chi connectivity index (χ3n) is 0. The minimum absolute atomic E-state index is 0. The summed E-state index contributed by atoms with van der Waals surface area (Å²) in [6.45, 7) is 3.50. The molecule has 0 amide bonds. The molecule has 0 rings (SSSR count). The molecule has 0 aliphatic heterocycles. The SMILES string of the molecule is C#N.O=P(O)(O)O.[KH]. The number of nitriles is 1. The molecule has 0 spiro atoms. The van der Waals surface area contributed by atoms with Crippen molar-refractivity contribution < 1.29 is 19.2 Å². The number of phosphoric acid groups is 1. The maximum absolute atomic E-state index is 8.88. The van der Waals surface area contributed by atoms with E-state index >= 15 is 0 Å². The molecule has 0 aromatic rings. The van der Waals surface area contributed by atoms with E-state index in [0.29, 0.717) is 0 Å². The molecule has 5 nitrogen and oxygen atoms in total. The van der Waals surface area contributed by atoms with Gasteiger partial charge in [0.2, 0.25) is 0 Å². The quantitative estimate of drug-likeness (QED) is 0.301. The van der Waals surface area contributed by atoms with Gasteiger partial charge < -0.3 is 14.7 Å². The van der Waals surface area contributed by atoms with Gasteiger partial charge in [-0.2, -0.15) is 0 Å². The van der Waals surface area contributed by atoms with Crippen molar-refractivity contribution in [2.45, 2.75) is 0 Å². The Morgan fingerprint density at radius 2 is 1.25 bits per heavy atom. The third kappa shape index (κ3) is 184. The Labute approximate surface area is 89.0 Å². The van der Waals surface area contributed by atoms with E-state index in [1.807, 2.05) is 0 Å². The standard InChI is InChI=1S/CHN.K.H3O4P.H/c1-2;;1-5(2,3)4;/h1H;;(H3,1,2,3,4);. The van der Waals surface area contributed by atoms with Crippen LogP contribution in [0.15, 0.2) is 0 Å². The van der Waals surface area contributed by atoms with Crippen molar-refractivity contribution in [1.29, 1.82) is 5.26 Å². The minimum atomic E-state index is -4.64. The van der Waals surface area contributed by atoms with Gasteiger partial charge in [-0.1, -0.05) is 0 Å². The molecular formula is CH5KNO4P. The van der Waals surface area contributed by atoms with Gasteiger partial charge in [-0.15, -0.1) is 0 Å². The van der Waals surface area contributed by atoms with Crippen molar-refractivity contribution >= 4 is 59.2 Å². The molecule has 0 heterocycles. The second-order valence-electron chi connectivity index (χ2n) is 0.513. The molecule has 0 aromatic heterocycles. The summed E-state index contributed by atoms with van der Waals surface area (Å²) in [5.74, 6) is 0. The van der Waals surface area contributed by atoms with Crippen LogP contribution in [-0.4, -0.2) is 66.1 Å². The Hall–Kier alpha value is 1.24. The van der Waals surface area contributed by atoms with Gasteiger partial charge in [0.25, 0.3) is 0 Å². The van der Waals surface area contributed by atoms with Gasteiger partial charge in [0.05, 0.1) is 0 Å². The molecular weight excluding hydrogens is 160 g/mol. The van der Waals surface area contributed by atoms with Crippen molar-refractivity contribution in [1.82, 2.24) is 0 Å². The summed E-state index contributed by atoms with van der Waals surface area (Å²) in [6, 6.07) is 0. The predicted octanol–water partition coefficient (Wildman–Crippen LogP) is -1.44. The molecule has 0 atom stereocenters. The van der Waals surface area contributed by atoms with Crippen LogP contribution in [0.1, 0.15) is 0 Å². The van der Waals surface area contributed by atoms with Crippen molar-refractivity contribution in [2.75, 3.05) is 0 Å². The summed E-state index contributed by atoms with van der Waals surface area (Å²) >= 11 is 0. The van der Waals surface area contributed by atoms with E-state index in [0.717, 1.165) is 0 Å². The van der Waals surface area contributed by atoms with Crippen molar-refractivity contribution in [3.63, 3.8) is 0 Å².